The number of benzene rings is 1. The Hall–Kier alpha value is -2.67. The lowest BCUT2D eigenvalue weighted by molar-refractivity contribution is -0.123. The van der Waals surface area contributed by atoms with Gasteiger partial charge in [-0.3, -0.25) is 14.5 Å². The first kappa shape index (κ1) is 20.1. The van der Waals surface area contributed by atoms with E-state index in [1.54, 1.807) is 23.1 Å². The molecule has 3 rings (SSSR count). The molecule has 1 aliphatic heterocycles. The summed E-state index contributed by atoms with van der Waals surface area (Å²) in [6.45, 7) is 6.74. The van der Waals surface area contributed by atoms with E-state index in [1.807, 2.05) is 18.7 Å². The van der Waals surface area contributed by atoms with Crippen molar-refractivity contribution in [1.29, 1.82) is 0 Å². The zero-order chi connectivity index (χ0) is 20.1. The molecule has 1 fully saturated rings. The molecule has 2 amide bonds. The summed E-state index contributed by atoms with van der Waals surface area (Å²) >= 11 is 0. The van der Waals surface area contributed by atoms with Gasteiger partial charge in [0, 0.05) is 26.2 Å². The van der Waals surface area contributed by atoms with Crippen molar-refractivity contribution in [2.24, 2.45) is 5.92 Å². The molecule has 1 unspecified atom stereocenters. The lowest BCUT2D eigenvalue weighted by atomic mass is 9.96. The molecule has 1 N–H and O–H groups in total. The first-order valence-corrected chi connectivity index (χ1v) is 9.52. The van der Waals surface area contributed by atoms with Crippen LogP contribution in [0.4, 0.5) is 4.39 Å². The van der Waals surface area contributed by atoms with Gasteiger partial charge in [0.05, 0.1) is 24.4 Å². The van der Waals surface area contributed by atoms with E-state index < -0.39 is 0 Å². The molecule has 1 saturated heterocycles. The lowest BCUT2D eigenvalue weighted by Crippen LogP contribution is -2.51. The Labute approximate surface area is 164 Å². The van der Waals surface area contributed by atoms with Gasteiger partial charge in [-0.05, 0) is 29.7 Å². The summed E-state index contributed by atoms with van der Waals surface area (Å²) in [7, 11) is 0. The van der Waals surface area contributed by atoms with Crippen LogP contribution < -0.4 is 5.32 Å². The fourth-order valence-electron chi connectivity index (χ4n) is 3.40. The number of nitrogens with zero attached hydrogens (tertiary/aromatic N) is 2. The number of hydrogen-bond acceptors (Lipinski definition) is 4. The van der Waals surface area contributed by atoms with Gasteiger partial charge in [-0.15, -0.1) is 0 Å². The predicted octanol–water partition coefficient (Wildman–Crippen LogP) is 2.69. The third-order valence-corrected chi connectivity index (χ3v) is 5.01. The average molecular weight is 387 g/mol. The molecule has 0 aliphatic carbocycles. The number of furan rings is 1. The molecule has 2 aromatic rings. The molecule has 7 heteroatoms. The Morgan fingerprint density at radius 1 is 1.11 bits per heavy atom. The van der Waals surface area contributed by atoms with Crippen LogP contribution in [0.5, 0.6) is 0 Å². The monoisotopic (exact) mass is 387 g/mol. The second-order valence-electron chi connectivity index (χ2n) is 7.42. The zero-order valence-electron chi connectivity index (χ0n) is 16.2. The normalized spacial score (nSPS) is 16.2. The molecular formula is C21H26FN3O3. The topological polar surface area (TPSA) is 65.8 Å². The molecule has 150 valence electrons. The number of piperazine rings is 1. The maximum absolute atomic E-state index is 13.2. The second-order valence-corrected chi connectivity index (χ2v) is 7.42. The van der Waals surface area contributed by atoms with Crippen molar-refractivity contribution >= 4 is 11.8 Å². The van der Waals surface area contributed by atoms with Crippen LogP contribution in [-0.4, -0.2) is 54.3 Å². The zero-order valence-corrected chi connectivity index (χ0v) is 16.2. The molecule has 1 atom stereocenters. The highest BCUT2D eigenvalue weighted by atomic mass is 19.1. The number of carbonyl (C=O) groups excluding carboxylic acids is 2. The minimum atomic E-state index is -0.291. The first-order chi connectivity index (χ1) is 13.4. The smallest absolute Gasteiger partial charge is 0.257 e. The minimum absolute atomic E-state index is 0.0472. The summed E-state index contributed by atoms with van der Waals surface area (Å²) in [5, 5.41) is 3.06. The summed E-state index contributed by atoms with van der Waals surface area (Å²) in [5.41, 5.74) is 1.44. The predicted molar refractivity (Wildman–Crippen MR) is 103 cm³/mol. The summed E-state index contributed by atoms with van der Waals surface area (Å²) in [6, 6.07) is 7.72. The van der Waals surface area contributed by atoms with Gasteiger partial charge in [-0.1, -0.05) is 26.0 Å². The second kappa shape index (κ2) is 9.01. The fourth-order valence-corrected chi connectivity index (χ4v) is 3.40. The van der Waals surface area contributed by atoms with Gasteiger partial charge < -0.3 is 14.6 Å². The van der Waals surface area contributed by atoms with Crippen molar-refractivity contribution < 1.29 is 18.4 Å². The molecule has 2 heterocycles. The first-order valence-electron chi connectivity index (χ1n) is 9.52. The molecular weight excluding hydrogens is 361 g/mol. The van der Waals surface area contributed by atoms with Gasteiger partial charge in [-0.25, -0.2) is 4.39 Å². The van der Waals surface area contributed by atoms with Gasteiger partial charge in [0.1, 0.15) is 12.1 Å². The standard InChI is InChI=1S/C21H26FN3O3/c1-15(2)20(16-3-5-18(22)6-4-16)23-19(26)13-24-8-10-25(11-9-24)21(27)17-7-12-28-14-17/h3-7,12,14-15,20H,8-11,13H2,1-2H3,(H,23,26). The summed E-state index contributed by atoms with van der Waals surface area (Å²) in [5.74, 6) is -0.231. The number of rotatable bonds is 6. The average Bonchev–Trinajstić information content (AvgIpc) is 3.21. The number of hydrogen-bond donors (Lipinski definition) is 1. The van der Waals surface area contributed by atoms with Crippen molar-refractivity contribution in [3.63, 3.8) is 0 Å². The van der Waals surface area contributed by atoms with Crippen molar-refractivity contribution in [3.8, 4) is 0 Å². The number of amides is 2. The highest BCUT2D eigenvalue weighted by Gasteiger charge is 2.25. The Morgan fingerprint density at radius 2 is 1.79 bits per heavy atom. The summed E-state index contributed by atoms with van der Waals surface area (Å²) in [4.78, 5) is 28.7. The van der Waals surface area contributed by atoms with E-state index in [2.05, 4.69) is 5.32 Å². The molecule has 6 nitrogen and oxygen atoms in total. The van der Waals surface area contributed by atoms with E-state index in [4.69, 9.17) is 4.42 Å². The van der Waals surface area contributed by atoms with Crippen molar-refractivity contribution in [1.82, 2.24) is 15.1 Å². The van der Waals surface area contributed by atoms with Gasteiger partial charge >= 0.3 is 0 Å². The van der Waals surface area contributed by atoms with Crippen molar-refractivity contribution in [3.05, 3.63) is 59.8 Å². The minimum Gasteiger partial charge on any atom is -0.472 e. The molecule has 0 bridgehead atoms. The highest BCUT2D eigenvalue weighted by molar-refractivity contribution is 5.93. The Balaban J connectivity index is 1.51. The maximum Gasteiger partial charge on any atom is 0.257 e. The highest BCUT2D eigenvalue weighted by Crippen LogP contribution is 2.22. The number of carbonyl (C=O) groups is 2. The Bertz CT molecular complexity index is 782. The fraction of sp³-hybridized carbons (Fsp3) is 0.429. The molecule has 0 spiro atoms. The molecule has 0 saturated carbocycles. The van der Waals surface area contributed by atoms with E-state index in [1.165, 1.54) is 24.7 Å². The maximum atomic E-state index is 13.2. The Morgan fingerprint density at radius 3 is 2.36 bits per heavy atom. The summed E-state index contributed by atoms with van der Waals surface area (Å²) < 4.78 is 18.1. The van der Waals surface area contributed by atoms with Crippen LogP contribution in [0.1, 0.15) is 35.8 Å². The summed E-state index contributed by atoms with van der Waals surface area (Å²) in [6.07, 6.45) is 2.93. The van der Waals surface area contributed by atoms with Gasteiger partial charge in [0.15, 0.2) is 0 Å². The van der Waals surface area contributed by atoms with E-state index in [-0.39, 0.29) is 36.1 Å². The van der Waals surface area contributed by atoms with E-state index in [9.17, 15) is 14.0 Å². The van der Waals surface area contributed by atoms with Crippen LogP contribution in [0.2, 0.25) is 0 Å². The van der Waals surface area contributed by atoms with E-state index in [0.29, 0.717) is 31.7 Å². The quantitative estimate of drug-likeness (QED) is 0.828. The third-order valence-electron chi connectivity index (χ3n) is 5.01. The molecule has 1 aromatic carbocycles. The number of halogens is 1. The SMILES string of the molecule is CC(C)C(NC(=O)CN1CCN(C(=O)c2ccoc2)CC1)c1ccc(F)cc1. The van der Waals surface area contributed by atoms with Crippen LogP contribution in [-0.2, 0) is 4.79 Å². The van der Waals surface area contributed by atoms with Crippen LogP contribution in [0.3, 0.4) is 0 Å². The van der Waals surface area contributed by atoms with Crippen LogP contribution in [0, 0.1) is 11.7 Å². The van der Waals surface area contributed by atoms with Crippen LogP contribution in [0.25, 0.3) is 0 Å². The van der Waals surface area contributed by atoms with Gasteiger partial charge in [0.2, 0.25) is 5.91 Å². The molecule has 28 heavy (non-hydrogen) atoms. The molecule has 0 radical (unpaired) electrons. The molecule has 1 aliphatic rings. The van der Waals surface area contributed by atoms with Gasteiger partial charge in [0.25, 0.3) is 5.91 Å². The molecule has 1 aromatic heterocycles. The van der Waals surface area contributed by atoms with E-state index in [0.717, 1.165) is 5.56 Å². The lowest BCUT2D eigenvalue weighted by Gasteiger charge is -2.34. The Kier molecular flexibility index (Phi) is 6.46. The van der Waals surface area contributed by atoms with Crippen molar-refractivity contribution in [2.75, 3.05) is 32.7 Å². The largest absolute Gasteiger partial charge is 0.472 e. The number of nitrogens with one attached hydrogen (secondary N) is 1. The van der Waals surface area contributed by atoms with Gasteiger partial charge in [-0.2, -0.15) is 0 Å². The third kappa shape index (κ3) is 4.98. The van der Waals surface area contributed by atoms with Crippen LogP contribution >= 0.6 is 0 Å². The van der Waals surface area contributed by atoms with E-state index >= 15 is 0 Å². The van der Waals surface area contributed by atoms with Crippen molar-refractivity contribution in [2.45, 2.75) is 19.9 Å². The van der Waals surface area contributed by atoms with Crippen LogP contribution in [0.15, 0.2) is 47.3 Å².